The van der Waals surface area contributed by atoms with E-state index in [1.54, 1.807) is 30.6 Å². The van der Waals surface area contributed by atoms with Crippen molar-refractivity contribution in [3.8, 4) is 5.75 Å². The number of rotatable bonds is 3. The molecule has 82 valence electrons. The largest absolute Gasteiger partial charge is 0.489 e. The molecule has 0 unspecified atom stereocenters. The fourth-order valence-electron chi connectivity index (χ4n) is 1.31. The first kappa shape index (κ1) is 10.4. The zero-order valence-corrected chi connectivity index (χ0v) is 8.56. The molecule has 2 rings (SSSR count). The standard InChI is InChI=1S/C12H11FN2O/c13-10-2-1-3-12(5-10)16-8-9-4-11(14)7-15-6-9/h1-7H,8,14H2. The summed E-state index contributed by atoms with van der Waals surface area (Å²) in [5, 5.41) is 0. The molecule has 2 N–H and O–H groups in total. The summed E-state index contributed by atoms with van der Waals surface area (Å²) < 4.78 is 18.2. The Morgan fingerprint density at radius 1 is 1.25 bits per heavy atom. The summed E-state index contributed by atoms with van der Waals surface area (Å²) in [7, 11) is 0. The van der Waals surface area contributed by atoms with Gasteiger partial charge >= 0.3 is 0 Å². The molecule has 3 nitrogen and oxygen atoms in total. The first-order valence-corrected chi connectivity index (χ1v) is 4.82. The van der Waals surface area contributed by atoms with Gasteiger partial charge in [0.15, 0.2) is 0 Å². The highest BCUT2D eigenvalue weighted by atomic mass is 19.1. The number of ether oxygens (including phenoxy) is 1. The third-order valence-electron chi connectivity index (χ3n) is 2.02. The maximum absolute atomic E-state index is 12.8. The van der Waals surface area contributed by atoms with E-state index < -0.39 is 0 Å². The van der Waals surface area contributed by atoms with Gasteiger partial charge in [-0.3, -0.25) is 4.98 Å². The Hall–Kier alpha value is -2.10. The Morgan fingerprint density at radius 3 is 2.88 bits per heavy atom. The molecule has 0 atom stereocenters. The number of nitrogens with zero attached hydrogens (tertiary/aromatic N) is 1. The molecular weight excluding hydrogens is 207 g/mol. The molecule has 0 saturated heterocycles. The fraction of sp³-hybridized carbons (Fsp3) is 0.0833. The van der Waals surface area contributed by atoms with Gasteiger partial charge in [-0.1, -0.05) is 6.07 Å². The van der Waals surface area contributed by atoms with Crippen molar-refractivity contribution in [1.82, 2.24) is 4.98 Å². The lowest BCUT2D eigenvalue weighted by atomic mass is 10.3. The second kappa shape index (κ2) is 4.61. The molecule has 0 aliphatic carbocycles. The number of halogens is 1. The lowest BCUT2D eigenvalue weighted by Gasteiger charge is -2.06. The quantitative estimate of drug-likeness (QED) is 0.860. The maximum Gasteiger partial charge on any atom is 0.126 e. The van der Waals surface area contributed by atoms with Gasteiger partial charge in [-0.15, -0.1) is 0 Å². The van der Waals surface area contributed by atoms with Crippen LogP contribution in [0.25, 0.3) is 0 Å². The van der Waals surface area contributed by atoms with Gasteiger partial charge in [-0.05, 0) is 18.2 Å². The van der Waals surface area contributed by atoms with Crippen LogP contribution in [0.5, 0.6) is 5.75 Å². The van der Waals surface area contributed by atoms with Crippen LogP contribution in [0, 0.1) is 5.82 Å². The molecule has 1 aromatic carbocycles. The number of hydrogen-bond donors (Lipinski definition) is 1. The van der Waals surface area contributed by atoms with Crippen LogP contribution in [0.3, 0.4) is 0 Å². The van der Waals surface area contributed by atoms with Gasteiger partial charge in [0.25, 0.3) is 0 Å². The Bertz CT molecular complexity index is 442. The van der Waals surface area contributed by atoms with Crippen LogP contribution < -0.4 is 10.5 Å². The normalized spacial score (nSPS) is 10.1. The molecule has 0 amide bonds. The van der Waals surface area contributed by atoms with E-state index in [1.165, 1.54) is 12.1 Å². The van der Waals surface area contributed by atoms with E-state index in [-0.39, 0.29) is 5.82 Å². The van der Waals surface area contributed by atoms with Crippen LogP contribution in [-0.4, -0.2) is 4.98 Å². The van der Waals surface area contributed by atoms with Crippen LogP contribution in [0.15, 0.2) is 42.7 Å². The molecule has 0 aliphatic heterocycles. The van der Waals surface area contributed by atoms with Crippen LogP contribution in [0.1, 0.15) is 5.56 Å². The molecular formula is C12H11FN2O. The highest BCUT2D eigenvalue weighted by Gasteiger charge is 1.98. The summed E-state index contributed by atoms with van der Waals surface area (Å²) in [5.74, 6) is 0.172. The second-order valence-corrected chi connectivity index (χ2v) is 3.37. The average molecular weight is 218 g/mol. The zero-order valence-electron chi connectivity index (χ0n) is 8.56. The lowest BCUT2D eigenvalue weighted by molar-refractivity contribution is 0.304. The Morgan fingerprint density at radius 2 is 2.12 bits per heavy atom. The smallest absolute Gasteiger partial charge is 0.126 e. The molecule has 0 radical (unpaired) electrons. The Balaban J connectivity index is 2.02. The van der Waals surface area contributed by atoms with E-state index in [4.69, 9.17) is 10.5 Å². The first-order chi connectivity index (χ1) is 7.74. The lowest BCUT2D eigenvalue weighted by Crippen LogP contribution is -1.97. The van der Waals surface area contributed by atoms with Gasteiger partial charge in [0.2, 0.25) is 0 Å². The molecule has 1 aromatic heterocycles. The summed E-state index contributed by atoms with van der Waals surface area (Å²) in [5.41, 5.74) is 7.01. The van der Waals surface area contributed by atoms with Gasteiger partial charge in [-0.2, -0.15) is 0 Å². The number of hydrogen-bond acceptors (Lipinski definition) is 3. The molecule has 4 heteroatoms. The number of anilines is 1. The zero-order chi connectivity index (χ0) is 11.4. The van der Waals surface area contributed by atoms with Crippen molar-refractivity contribution in [2.24, 2.45) is 0 Å². The predicted octanol–water partition coefficient (Wildman–Crippen LogP) is 2.38. The van der Waals surface area contributed by atoms with Gasteiger partial charge < -0.3 is 10.5 Å². The van der Waals surface area contributed by atoms with Crippen molar-refractivity contribution in [1.29, 1.82) is 0 Å². The predicted molar refractivity (Wildman–Crippen MR) is 59.4 cm³/mol. The van der Waals surface area contributed by atoms with Gasteiger partial charge in [0, 0.05) is 24.0 Å². The van der Waals surface area contributed by atoms with E-state index in [9.17, 15) is 4.39 Å². The maximum atomic E-state index is 12.8. The third kappa shape index (κ3) is 2.70. The van der Waals surface area contributed by atoms with E-state index >= 15 is 0 Å². The summed E-state index contributed by atoms with van der Waals surface area (Å²) in [6.07, 6.45) is 3.22. The van der Waals surface area contributed by atoms with Crippen LogP contribution >= 0.6 is 0 Å². The number of nitrogen functional groups attached to an aromatic ring is 1. The van der Waals surface area contributed by atoms with Gasteiger partial charge in [0.05, 0.1) is 5.69 Å². The summed E-state index contributed by atoms with van der Waals surface area (Å²) in [6, 6.07) is 7.77. The molecule has 0 aliphatic rings. The molecule has 1 heterocycles. The molecule has 0 bridgehead atoms. The molecule has 0 spiro atoms. The number of benzene rings is 1. The van der Waals surface area contributed by atoms with Crippen molar-refractivity contribution >= 4 is 5.69 Å². The molecule has 0 fully saturated rings. The number of nitrogens with two attached hydrogens (primary N) is 1. The van der Waals surface area contributed by atoms with Crippen molar-refractivity contribution < 1.29 is 9.13 Å². The first-order valence-electron chi connectivity index (χ1n) is 4.82. The van der Waals surface area contributed by atoms with E-state index in [0.29, 0.717) is 18.0 Å². The Labute approximate surface area is 92.7 Å². The van der Waals surface area contributed by atoms with Gasteiger partial charge in [-0.25, -0.2) is 4.39 Å². The van der Waals surface area contributed by atoms with Gasteiger partial charge in [0.1, 0.15) is 18.2 Å². The highest BCUT2D eigenvalue weighted by Crippen LogP contribution is 2.14. The van der Waals surface area contributed by atoms with Crippen molar-refractivity contribution in [3.63, 3.8) is 0 Å². The third-order valence-corrected chi connectivity index (χ3v) is 2.02. The number of pyridine rings is 1. The summed E-state index contributed by atoms with van der Waals surface area (Å²) in [6.45, 7) is 0.321. The summed E-state index contributed by atoms with van der Waals surface area (Å²) >= 11 is 0. The SMILES string of the molecule is Nc1cncc(COc2cccc(F)c2)c1. The highest BCUT2D eigenvalue weighted by molar-refractivity contribution is 5.37. The number of aromatic nitrogens is 1. The monoisotopic (exact) mass is 218 g/mol. The van der Waals surface area contributed by atoms with E-state index in [1.807, 2.05) is 0 Å². The Kier molecular flexibility index (Phi) is 3.00. The second-order valence-electron chi connectivity index (χ2n) is 3.37. The van der Waals surface area contributed by atoms with Crippen LogP contribution in [0.2, 0.25) is 0 Å². The van der Waals surface area contributed by atoms with Crippen LogP contribution in [-0.2, 0) is 6.61 Å². The fourth-order valence-corrected chi connectivity index (χ4v) is 1.31. The van der Waals surface area contributed by atoms with Crippen molar-refractivity contribution in [2.45, 2.75) is 6.61 Å². The van der Waals surface area contributed by atoms with Crippen LogP contribution in [0.4, 0.5) is 10.1 Å². The van der Waals surface area contributed by atoms with E-state index in [2.05, 4.69) is 4.98 Å². The topological polar surface area (TPSA) is 48.1 Å². The average Bonchev–Trinajstić information content (AvgIpc) is 2.27. The minimum atomic E-state index is -0.316. The van der Waals surface area contributed by atoms with E-state index in [0.717, 1.165) is 5.56 Å². The molecule has 0 saturated carbocycles. The molecule has 16 heavy (non-hydrogen) atoms. The molecule has 2 aromatic rings. The van der Waals surface area contributed by atoms with Crippen molar-refractivity contribution in [3.05, 3.63) is 54.1 Å². The minimum absolute atomic E-state index is 0.316. The summed E-state index contributed by atoms with van der Waals surface area (Å²) in [4.78, 5) is 3.93. The minimum Gasteiger partial charge on any atom is -0.489 e. The van der Waals surface area contributed by atoms with Crippen molar-refractivity contribution in [2.75, 3.05) is 5.73 Å².